The molecule has 2 fully saturated rings. The Kier molecular flexibility index (Phi) is 5.73. The smallest absolute Gasteiger partial charge is 0.231 e. The zero-order chi connectivity index (χ0) is 22.2. The summed E-state index contributed by atoms with van der Waals surface area (Å²) in [6, 6.07) is 10.7. The number of benzene rings is 2. The molecule has 172 valence electrons. The van der Waals surface area contributed by atoms with Crippen LogP contribution >= 0.6 is 0 Å². The lowest BCUT2D eigenvalue weighted by atomic mass is 9.68. The van der Waals surface area contributed by atoms with Crippen LogP contribution in [0, 0.1) is 5.82 Å². The fourth-order valence-corrected chi connectivity index (χ4v) is 5.52. The molecule has 2 aliphatic heterocycles. The number of aliphatic hydroxyl groups is 1. The van der Waals surface area contributed by atoms with Gasteiger partial charge >= 0.3 is 0 Å². The Morgan fingerprint density at radius 2 is 1.78 bits per heavy atom. The minimum absolute atomic E-state index is 0.197. The van der Waals surface area contributed by atoms with E-state index in [-0.39, 0.29) is 18.1 Å². The second-order valence-corrected chi connectivity index (χ2v) is 9.20. The van der Waals surface area contributed by atoms with Crippen molar-refractivity contribution in [2.75, 3.05) is 40.1 Å². The van der Waals surface area contributed by atoms with Crippen LogP contribution in [-0.2, 0) is 12.0 Å². The molecule has 1 saturated heterocycles. The number of ether oxygens (including phenoxy) is 3. The van der Waals surface area contributed by atoms with Gasteiger partial charge in [-0.25, -0.2) is 4.39 Å². The van der Waals surface area contributed by atoms with Crippen LogP contribution in [0.3, 0.4) is 0 Å². The molecule has 1 saturated carbocycles. The highest BCUT2D eigenvalue weighted by Gasteiger charge is 2.46. The molecule has 5 rings (SSSR count). The van der Waals surface area contributed by atoms with Gasteiger partial charge in [-0.2, -0.15) is 0 Å². The molecule has 7 heteroatoms. The lowest BCUT2D eigenvalue weighted by Gasteiger charge is -2.52. The van der Waals surface area contributed by atoms with Gasteiger partial charge in [-0.1, -0.05) is 6.07 Å². The zero-order valence-corrected chi connectivity index (χ0v) is 18.5. The number of methoxy groups -OCH3 is 1. The van der Waals surface area contributed by atoms with Gasteiger partial charge < -0.3 is 24.6 Å². The largest absolute Gasteiger partial charge is 0.497 e. The van der Waals surface area contributed by atoms with E-state index in [2.05, 4.69) is 10.2 Å². The number of halogens is 1. The summed E-state index contributed by atoms with van der Waals surface area (Å²) >= 11 is 0. The molecule has 2 aromatic rings. The quantitative estimate of drug-likeness (QED) is 0.742. The third-order valence-corrected chi connectivity index (χ3v) is 7.48. The van der Waals surface area contributed by atoms with Gasteiger partial charge in [0.25, 0.3) is 0 Å². The molecular formula is C25H31FN2O4. The summed E-state index contributed by atoms with van der Waals surface area (Å²) in [4.78, 5) is 2.50. The summed E-state index contributed by atoms with van der Waals surface area (Å²) in [5, 5.41) is 15.0. The summed E-state index contributed by atoms with van der Waals surface area (Å²) in [7, 11) is 1.61. The third kappa shape index (κ3) is 3.93. The van der Waals surface area contributed by atoms with Crippen molar-refractivity contribution in [2.45, 2.75) is 43.2 Å². The van der Waals surface area contributed by atoms with Crippen LogP contribution in [0.5, 0.6) is 17.2 Å². The zero-order valence-electron chi connectivity index (χ0n) is 18.5. The van der Waals surface area contributed by atoms with E-state index in [0.29, 0.717) is 36.3 Å². The molecule has 2 N–H and O–H groups in total. The lowest BCUT2D eigenvalue weighted by molar-refractivity contribution is -0.0630. The molecule has 0 aromatic heterocycles. The Balaban J connectivity index is 1.41. The first-order valence-corrected chi connectivity index (χ1v) is 11.4. The van der Waals surface area contributed by atoms with Gasteiger partial charge in [0.1, 0.15) is 11.6 Å². The number of nitrogens with zero attached hydrogens (tertiary/aromatic N) is 1. The van der Waals surface area contributed by atoms with Crippen LogP contribution < -0.4 is 19.5 Å². The van der Waals surface area contributed by atoms with Gasteiger partial charge in [0.2, 0.25) is 6.79 Å². The van der Waals surface area contributed by atoms with E-state index < -0.39 is 5.60 Å². The molecule has 0 spiro atoms. The summed E-state index contributed by atoms with van der Waals surface area (Å²) in [6.07, 6.45) is 3.40. The van der Waals surface area contributed by atoms with E-state index >= 15 is 0 Å². The average Bonchev–Trinajstić information content (AvgIpc) is 3.31. The number of fused-ring (bicyclic) bond motifs is 1. The number of piperazine rings is 1. The van der Waals surface area contributed by atoms with Crippen LogP contribution in [0.25, 0.3) is 0 Å². The first kappa shape index (κ1) is 21.5. The Bertz CT molecular complexity index is 968. The van der Waals surface area contributed by atoms with Gasteiger partial charge in [-0.05, 0) is 73.6 Å². The van der Waals surface area contributed by atoms with Crippen LogP contribution in [0.15, 0.2) is 36.4 Å². The van der Waals surface area contributed by atoms with E-state index in [4.69, 9.17) is 14.2 Å². The van der Waals surface area contributed by atoms with Crippen LogP contribution in [0.1, 0.15) is 36.8 Å². The molecule has 2 aromatic carbocycles. The van der Waals surface area contributed by atoms with Crippen molar-refractivity contribution in [2.24, 2.45) is 0 Å². The van der Waals surface area contributed by atoms with Crippen LogP contribution in [0.2, 0.25) is 0 Å². The highest BCUT2D eigenvalue weighted by molar-refractivity contribution is 5.46. The first-order chi connectivity index (χ1) is 15.5. The summed E-state index contributed by atoms with van der Waals surface area (Å²) in [6.45, 7) is 3.92. The average molecular weight is 443 g/mol. The fraction of sp³-hybridized carbons (Fsp3) is 0.520. The van der Waals surface area contributed by atoms with Gasteiger partial charge in [0.05, 0.1) is 12.7 Å². The van der Waals surface area contributed by atoms with Crippen molar-refractivity contribution < 1.29 is 23.7 Å². The van der Waals surface area contributed by atoms with Crippen molar-refractivity contribution in [1.82, 2.24) is 10.2 Å². The summed E-state index contributed by atoms with van der Waals surface area (Å²) in [5.41, 5.74) is 0.420. The third-order valence-electron chi connectivity index (χ3n) is 7.48. The molecule has 0 bridgehead atoms. The van der Waals surface area contributed by atoms with E-state index in [1.807, 2.05) is 24.3 Å². The minimum Gasteiger partial charge on any atom is -0.497 e. The normalized spacial score (nSPS) is 28.0. The molecule has 1 aliphatic carbocycles. The van der Waals surface area contributed by atoms with Crippen molar-refractivity contribution >= 4 is 0 Å². The molecular weight excluding hydrogens is 411 g/mol. The molecule has 3 aliphatic rings. The highest BCUT2D eigenvalue weighted by atomic mass is 19.1. The molecule has 0 amide bonds. The molecule has 0 atom stereocenters. The van der Waals surface area contributed by atoms with Gasteiger partial charge in [0.15, 0.2) is 11.5 Å². The molecule has 2 heterocycles. The van der Waals surface area contributed by atoms with Gasteiger partial charge in [-0.15, -0.1) is 0 Å². The van der Waals surface area contributed by atoms with Crippen molar-refractivity contribution in [3.8, 4) is 17.2 Å². The van der Waals surface area contributed by atoms with Crippen molar-refractivity contribution in [1.29, 1.82) is 0 Å². The molecule has 32 heavy (non-hydrogen) atoms. The van der Waals surface area contributed by atoms with Gasteiger partial charge in [0, 0.05) is 31.7 Å². The SMILES string of the molecule is COc1ccc(F)c(CC2(N3CCNCC3)CCC(O)(c3ccc4c(c3)OCO4)CC2)c1. The minimum atomic E-state index is -0.925. The van der Waals surface area contributed by atoms with Crippen LogP contribution in [-0.4, -0.2) is 55.6 Å². The molecule has 0 unspecified atom stereocenters. The first-order valence-electron chi connectivity index (χ1n) is 11.4. The van der Waals surface area contributed by atoms with Crippen molar-refractivity contribution in [3.63, 3.8) is 0 Å². The van der Waals surface area contributed by atoms with Crippen molar-refractivity contribution in [3.05, 3.63) is 53.3 Å². The summed E-state index contributed by atoms with van der Waals surface area (Å²) < 4.78 is 31.1. The number of nitrogens with one attached hydrogen (secondary N) is 1. The second-order valence-electron chi connectivity index (χ2n) is 9.20. The number of hydrogen-bond acceptors (Lipinski definition) is 6. The maximum Gasteiger partial charge on any atom is 0.231 e. The Hall–Kier alpha value is -2.35. The Labute approximate surface area is 188 Å². The number of hydrogen-bond donors (Lipinski definition) is 2. The predicted molar refractivity (Wildman–Crippen MR) is 119 cm³/mol. The Morgan fingerprint density at radius 3 is 2.53 bits per heavy atom. The van der Waals surface area contributed by atoms with E-state index in [1.165, 1.54) is 6.07 Å². The van der Waals surface area contributed by atoms with E-state index in [1.54, 1.807) is 13.2 Å². The second kappa shape index (κ2) is 8.54. The van der Waals surface area contributed by atoms with Gasteiger partial charge in [-0.3, -0.25) is 4.90 Å². The standard InChI is InChI=1S/C25H31FN2O4/c1-30-20-3-4-21(26)18(14-20)16-24(28-12-10-27-11-13-28)6-8-25(29,9-7-24)19-2-5-22-23(15-19)32-17-31-22/h2-5,14-15,27,29H,6-13,16-17H2,1H3. The molecule has 6 nitrogen and oxygen atoms in total. The predicted octanol–water partition coefficient (Wildman–Crippen LogP) is 3.21. The Morgan fingerprint density at radius 1 is 1.03 bits per heavy atom. The monoisotopic (exact) mass is 442 g/mol. The topological polar surface area (TPSA) is 63.2 Å². The van der Waals surface area contributed by atoms with E-state index in [0.717, 1.165) is 50.3 Å². The van der Waals surface area contributed by atoms with E-state index in [9.17, 15) is 9.50 Å². The fourth-order valence-electron chi connectivity index (χ4n) is 5.52. The maximum atomic E-state index is 14.8. The lowest BCUT2D eigenvalue weighted by Crippen LogP contribution is -2.59. The molecule has 0 radical (unpaired) electrons. The highest BCUT2D eigenvalue weighted by Crippen LogP contribution is 2.47. The summed E-state index contributed by atoms with van der Waals surface area (Å²) in [5.74, 6) is 1.88. The van der Waals surface area contributed by atoms with Crippen LogP contribution in [0.4, 0.5) is 4.39 Å². The maximum absolute atomic E-state index is 14.8. The number of rotatable bonds is 5.